The zero-order valence-electron chi connectivity index (χ0n) is 32.3. The van der Waals surface area contributed by atoms with E-state index in [-0.39, 0.29) is 59.2 Å². The topological polar surface area (TPSA) is 154 Å². The first-order chi connectivity index (χ1) is 28.2. The lowest BCUT2D eigenvalue weighted by molar-refractivity contribution is -0.133. The van der Waals surface area contributed by atoms with Gasteiger partial charge in [0.05, 0.1) is 11.9 Å². The molecule has 0 unspecified atom stereocenters. The molecule has 0 spiro atoms. The van der Waals surface area contributed by atoms with Crippen LogP contribution in [0.1, 0.15) is 64.2 Å². The first-order valence-corrected chi connectivity index (χ1v) is 20.4. The Balaban J connectivity index is 0.760. The van der Waals surface area contributed by atoms with E-state index in [4.69, 9.17) is 0 Å². The summed E-state index contributed by atoms with van der Waals surface area (Å²) in [4.78, 5) is 62.5. The van der Waals surface area contributed by atoms with Gasteiger partial charge in [-0.15, -0.1) is 0 Å². The molecule has 304 valence electrons. The summed E-state index contributed by atoms with van der Waals surface area (Å²) >= 11 is 0. The van der Waals surface area contributed by atoms with Gasteiger partial charge in [0.1, 0.15) is 17.6 Å². The second kappa shape index (κ2) is 17.4. The predicted octanol–water partition coefficient (Wildman–Crippen LogP) is 5.01. The van der Waals surface area contributed by atoms with Crippen molar-refractivity contribution in [3.8, 4) is 16.9 Å². The molecule has 2 aromatic carbocycles. The molecule has 0 radical (unpaired) electrons. The number of rotatable bonds is 10. The van der Waals surface area contributed by atoms with Crippen molar-refractivity contribution in [1.29, 1.82) is 0 Å². The second-order valence-corrected chi connectivity index (χ2v) is 15.9. The van der Waals surface area contributed by atoms with Crippen LogP contribution >= 0.6 is 0 Å². The van der Waals surface area contributed by atoms with E-state index in [0.29, 0.717) is 54.1 Å². The predicted molar refractivity (Wildman–Crippen MR) is 217 cm³/mol. The summed E-state index contributed by atoms with van der Waals surface area (Å²) in [5, 5.41) is 12.1. The molecule has 1 atom stereocenters. The third-order valence-corrected chi connectivity index (χ3v) is 12.1. The molecule has 15 heteroatoms. The van der Waals surface area contributed by atoms with E-state index in [0.717, 1.165) is 70.7 Å². The Kier molecular flexibility index (Phi) is 11.8. The van der Waals surface area contributed by atoms with Crippen LogP contribution in [0, 0.1) is 17.6 Å². The van der Waals surface area contributed by atoms with E-state index < -0.39 is 11.9 Å². The number of carbonyl (C=O) groups is 3. The third-order valence-electron chi connectivity index (χ3n) is 12.1. The Morgan fingerprint density at radius 1 is 0.776 bits per heavy atom. The fourth-order valence-corrected chi connectivity index (χ4v) is 8.88. The first-order valence-electron chi connectivity index (χ1n) is 20.4. The maximum atomic E-state index is 15.2. The van der Waals surface area contributed by atoms with Gasteiger partial charge in [-0.25, -0.2) is 18.7 Å². The molecule has 8 rings (SSSR count). The van der Waals surface area contributed by atoms with Crippen molar-refractivity contribution in [3.05, 3.63) is 95.0 Å². The first kappa shape index (κ1) is 39.1. The summed E-state index contributed by atoms with van der Waals surface area (Å²) in [5.74, 6) is -1.18. The minimum atomic E-state index is -0.562. The summed E-state index contributed by atoms with van der Waals surface area (Å²) in [5.41, 5.74) is 2.16. The molecule has 4 aliphatic rings. The van der Waals surface area contributed by atoms with Gasteiger partial charge in [-0.05, 0) is 94.2 Å². The van der Waals surface area contributed by atoms with Gasteiger partial charge in [0.2, 0.25) is 23.7 Å². The Hall–Kier alpha value is -5.70. The number of benzene rings is 2. The Morgan fingerprint density at radius 2 is 1.55 bits per heavy atom. The number of anilines is 3. The number of nitrogens with one attached hydrogen (secondary N) is 4. The SMILES string of the molecule is O=C1CC[C@H](Nc2ccc(N3CCN(C4CCC(NC(=O)C5CCC(Nc6ncc(F)c(-c7cccc(-n8ccccc8=O)c7)n6)CC5)CC4)CC3)c(F)c2)C(=O)N1. The number of amides is 3. The molecule has 4 N–H and O–H groups in total. The van der Waals surface area contributed by atoms with Crippen LogP contribution in [0.25, 0.3) is 16.9 Å². The van der Waals surface area contributed by atoms with Crippen molar-refractivity contribution in [2.75, 3.05) is 41.7 Å². The number of nitrogens with zero attached hydrogens (tertiary/aromatic N) is 5. The third kappa shape index (κ3) is 9.04. The van der Waals surface area contributed by atoms with Crippen LogP contribution in [0.3, 0.4) is 0 Å². The minimum Gasteiger partial charge on any atom is -0.374 e. The fourth-order valence-electron chi connectivity index (χ4n) is 8.88. The van der Waals surface area contributed by atoms with Crippen molar-refractivity contribution in [2.45, 2.75) is 88.4 Å². The van der Waals surface area contributed by atoms with E-state index in [1.165, 1.54) is 16.7 Å². The van der Waals surface area contributed by atoms with E-state index in [2.05, 4.69) is 41.0 Å². The standard InChI is InChI=1S/C43H49F2N9O4/c44-34-25-31(47-36-16-18-38(55)50-42(36)58)13-17-37(34)53-22-20-52(21-23-53)32-14-11-29(12-15-32)48-41(57)27-7-9-30(10-8-27)49-43-46-26-35(45)40(51-43)28-4-3-5-33(24-28)54-19-2-1-6-39(54)56/h1-6,13,17,19,24-27,29-30,32,36,47H,7-12,14-16,18,20-23H2,(H,48,57)(H,46,49,51)(H,50,55,58)/t27?,29?,30?,32?,36-/m0/s1. The lowest BCUT2D eigenvalue weighted by Gasteiger charge is -2.43. The number of hydrogen-bond donors (Lipinski definition) is 4. The van der Waals surface area contributed by atoms with Crippen LogP contribution in [0.2, 0.25) is 0 Å². The summed E-state index contributed by atoms with van der Waals surface area (Å²) in [7, 11) is 0. The Morgan fingerprint density at radius 3 is 2.29 bits per heavy atom. The van der Waals surface area contributed by atoms with E-state index >= 15 is 4.39 Å². The lowest BCUT2D eigenvalue weighted by atomic mass is 9.84. The molecule has 2 saturated heterocycles. The van der Waals surface area contributed by atoms with Crippen molar-refractivity contribution in [1.82, 2.24) is 30.1 Å². The molecule has 13 nitrogen and oxygen atoms in total. The summed E-state index contributed by atoms with van der Waals surface area (Å²) in [6.45, 7) is 3.10. The average molecular weight is 794 g/mol. The number of pyridine rings is 1. The van der Waals surface area contributed by atoms with E-state index in [1.807, 2.05) is 0 Å². The largest absolute Gasteiger partial charge is 0.374 e. The van der Waals surface area contributed by atoms with Crippen LogP contribution in [0.15, 0.2) is 77.9 Å². The van der Waals surface area contributed by atoms with Gasteiger partial charge in [0.15, 0.2) is 5.82 Å². The molecule has 2 aromatic heterocycles. The molecular formula is C43H49F2N9O4. The molecule has 4 heterocycles. The van der Waals surface area contributed by atoms with Gasteiger partial charge in [0.25, 0.3) is 5.56 Å². The van der Waals surface area contributed by atoms with Crippen LogP contribution in [-0.4, -0.2) is 87.5 Å². The van der Waals surface area contributed by atoms with Gasteiger partial charge >= 0.3 is 0 Å². The van der Waals surface area contributed by atoms with Crippen LogP contribution in [0.4, 0.5) is 26.1 Å². The lowest BCUT2D eigenvalue weighted by Crippen LogP contribution is -2.52. The second-order valence-electron chi connectivity index (χ2n) is 15.9. The number of hydrogen-bond acceptors (Lipinski definition) is 10. The van der Waals surface area contributed by atoms with Crippen molar-refractivity contribution >= 4 is 35.0 Å². The maximum Gasteiger partial charge on any atom is 0.255 e. The van der Waals surface area contributed by atoms with E-state index in [1.54, 1.807) is 54.7 Å². The highest BCUT2D eigenvalue weighted by Crippen LogP contribution is 2.31. The summed E-state index contributed by atoms with van der Waals surface area (Å²) < 4.78 is 31.7. The molecule has 2 aliphatic carbocycles. The average Bonchev–Trinajstić information content (AvgIpc) is 3.23. The molecule has 2 aliphatic heterocycles. The highest BCUT2D eigenvalue weighted by atomic mass is 19.1. The fraction of sp³-hybridized carbons (Fsp3) is 0.442. The van der Waals surface area contributed by atoms with Crippen molar-refractivity contribution in [2.24, 2.45) is 5.92 Å². The van der Waals surface area contributed by atoms with Crippen molar-refractivity contribution < 1.29 is 23.2 Å². The van der Waals surface area contributed by atoms with Crippen LogP contribution in [0.5, 0.6) is 0 Å². The quantitative estimate of drug-likeness (QED) is 0.161. The van der Waals surface area contributed by atoms with Gasteiger partial charge in [-0.2, -0.15) is 0 Å². The van der Waals surface area contributed by atoms with Gasteiger partial charge < -0.3 is 20.9 Å². The number of piperazine rings is 1. The molecule has 2 saturated carbocycles. The molecule has 4 aromatic rings. The number of carbonyl (C=O) groups excluding carboxylic acids is 3. The maximum absolute atomic E-state index is 15.2. The Bertz CT molecular complexity index is 2190. The zero-order chi connectivity index (χ0) is 40.2. The van der Waals surface area contributed by atoms with Crippen molar-refractivity contribution in [3.63, 3.8) is 0 Å². The van der Waals surface area contributed by atoms with Gasteiger partial charge in [-0.3, -0.25) is 34.0 Å². The number of halogens is 2. The minimum absolute atomic E-state index is 0.0552. The normalized spacial score (nSPS) is 24.2. The van der Waals surface area contributed by atoms with Gasteiger partial charge in [0, 0.05) is 85.8 Å². The Labute approximate surface area is 335 Å². The highest BCUT2D eigenvalue weighted by molar-refractivity contribution is 6.01. The summed E-state index contributed by atoms with van der Waals surface area (Å²) in [6, 6.07) is 17.0. The highest BCUT2D eigenvalue weighted by Gasteiger charge is 2.33. The molecule has 58 heavy (non-hydrogen) atoms. The smallest absolute Gasteiger partial charge is 0.255 e. The number of imide groups is 1. The summed E-state index contributed by atoms with van der Waals surface area (Å²) in [6.07, 6.45) is 10.4. The molecule has 4 fully saturated rings. The molecular weight excluding hydrogens is 745 g/mol. The zero-order valence-corrected chi connectivity index (χ0v) is 32.3. The number of piperidine rings is 1. The monoisotopic (exact) mass is 793 g/mol. The number of aromatic nitrogens is 3. The van der Waals surface area contributed by atoms with Crippen LogP contribution in [-0.2, 0) is 14.4 Å². The molecule has 0 bridgehead atoms. The molecule has 3 amide bonds. The van der Waals surface area contributed by atoms with Gasteiger partial charge in [-0.1, -0.05) is 18.2 Å². The van der Waals surface area contributed by atoms with Crippen LogP contribution < -0.4 is 31.7 Å². The van der Waals surface area contributed by atoms with E-state index in [9.17, 15) is 23.6 Å².